The first kappa shape index (κ1) is 16.4. The second kappa shape index (κ2) is 7.90. The summed E-state index contributed by atoms with van der Waals surface area (Å²) in [5.74, 6) is 2.07. The van der Waals surface area contributed by atoms with Gasteiger partial charge in [-0.3, -0.25) is 4.79 Å². The Morgan fingerprint density at radius 1 is 0.818 bits per heavy atom. The minimum Gasteiger partial charge on any atom is -0.335 e. The fourth-order valence-corrected chi connectivity index (χ4v) is 4.97. The Hall–Kier alpha value is -0.440. The van der Waals surface area contributed by atoms with Crippen molar-refractivity contribution in [1.82, 2.24) is 0 Å². The minimum atomic E-state index is -0.537. The molecule has 1 aliphatic heterocycles. The van der Waals surface area contributed by atoms with E-state index in [1.165, 1.54) is 38.9 Å². The fourth-order valence-electron chi connectivity index (χ4n) is 4.97. The molecular formula is C19H33FNO+. The van der Waals surface area contributed by atoms with E-state index in [4.69, 9.17) is 0 Å². The van der Waals surface area contributed by atoms with Gasteiger partial charge < -0.3 is 4.90 Å². The Balaban J connectivity index is 1.39. The predicted molar refractivity (Wildman–Crippen MR) is 86.7 cm³/mol. The van der Waals surface area contributed by atoms with Crippen molar-refractivity contribution in [2.75, 3.05) is 19.6 Å². The Kier molecular flexibility index (Phi) is 5.89. The van der Waals surface area contributed by atoms with Crippen molar-refractivity contribution >= 4 is 5.78 Å². The molecule has 2 aliphatic carbocycles. The van der Waals surface area contributed by atoms with Gasteiger partial charge in [0.15, 0.2) is 0 Å². The molecule has 2 nitrogen and oxygen atoms in total. The maximum atomic E-state index is 13.2. The SMILES string of the molecule is O=C(C1CCCCC1)C1CC[NH+](CC2CCC(F)CC2)CC1. The van der Waals surface area contributed by atoms with Crippen LogP contribution in [-0.2, 0) is 4.79 Å². The largest absolute Gasteiger partial charge is 0.335 e. The zero-order chi connectivity index (χ0) is 15.4. The maximum absolute atomic E-state index is 13.2. The van der Waals surface area contributed by atoms with Gasteiger partial charge in [-0.25, -0.2) is 4.39 Å². The molecule has 22 heavy (non-hydrogen) atoms. The number of hydrogen-bond acceptors (Lipinski definition) is 1. The summed E-state index contributed by atoms with van der Waals surface area (Å²) in [6.07, 6.45) is 11.5. The van der Waals surface area contributed by atoms with Crippen LogP contribution in [0.2, 0.25) is 0 Å². The molecule has 3 rings (SSSR count). The second-order valence-electron chi connectivity index (χ2n) is 8.08. The highest BCUT2D eigenvalue weighted by molar-refractivity contribution is 5.83. The number of quaternary nitrogens is 1. The molecule has 0 bridgehead atoms. The Bertz CT molecular complexity index is 350. The smallest absolute Gasteiger partial charge is 0.139 e. The monoisotopic (exact) mass is 310 g/mol. The highest BCUT2D eigenvalue weighted by Crippen LogP contribution is 2.29. The van der Waals surface area contributed by atoms with Gasteiger partial charge in [0.2, 0.25) is 0 Å². The Labute approximate surface area is 134 Å². The number of carbonyl (C=O) groups excluding carboxylic acids is 1. The van der Waals surface area contributed by atoms with E-state index >= 15 is 0 Å². The molecule has 0 amide bonds. The first-order valence-electron chi connectivity index (χ1n) is 9.73. The van der Waals surface area contributed by atoms with E-state index in [-0.39, 0.29) is 0 Å². The highest BCUT2D eigenvalue weighted by atomic mass is 19.1. The van der Waals surface area contributed by atoms with Crippen molar-refractivity contribution in [1.29, 1.82) is 0 Å². The van der Waals surface area contributed by atoms with E-state index in [9.17, 15) is 9.18 Å². The van der Waals surface area contributed by atoms with Crippen molar-refractivity contribution < 1.29 is 14.1 Å². The molecule has 1 N–H and O–H groups in total. The number of hydrogen-bond donors (Lipinski definition) is 1. The molecule has 3 aliphatic rings. The van der Waals surface area contributed by atoms with Crippen molar-refractivity contribution in [2.24, 2.45) is 17.8 Å². The average Bonchev–Trinajstić information content (AvgIpc) is 2.58. The van der Waals surface area contributed by atoms with Gasteiger partial charge in [-0.05, 0) is 38.5 Å². The van der Waals surface area contributed by atoms with Crippen LogP contribution in [0, 0.1) is 17.8 Å². The van der Waals surface area contributed by atoms with E-state index in [1.54, 1.807) is 4.90 Å². The number of carbonyl (C=O) groups is 1. The summed E-state index contributed by atoms with van der Waals surface area (Å²) in [4.78, 5) is 14.3. The van der Waals surface area contributed by atoms with Crippen LogP contribution in [0.25, 0.3) is 0 Å². The predicted octanol–water partition coefficient (Wildman–Crippen LogP) is 2.96. The lowest BCUT2D eigenvalue weighted by Gasteiger charge is -2.34. The van der Waals surface area contributed by atoms with Gasteiger partial charge in [-0.2, -0.15) is 0 Å². The number of Topliss-reactive ketones (excluding diaryl/α,β-unsaturated/α-hetero) is 1. The molecule has 2 saturated carbocycles. The molecule has 3 heteroatoms. The summed E-state index contributed by atoms with van der Waals surface area (Å²) in [7, 11) is 0. The van der Waals surface area contributed by atoms with Crippen LogP contribution in [0.1, 0.15) is 70.6 Å². The highest BCUT2D eigenvalue weighted by Gasteiger charge is 2.33. The fraction of sp³-hybridized carbons (Fsp3) is 0.947. The summed E-state index contributed by atoms with van der Waals surface area (Å²) >= 11 is 0. The summed E-state index contributed by atoms with van der Waals surface area (Å²) in [5, 5.41) is 0. The lowest BCUT2D eigenvalue weighted by Crippen LogP contribution is -3.13. The van der Waals surface area contributed by atoms with Gasteiger partial charge in [-0.1, -0.05) is 19.3 Å². The summed E-state index contributed by atoms with van der Waals surface area (Å²) in [6.45, 7) is 3.55. The minimum absolute atomic E-state index is 0.355. The van der Waals surface area contributed by atoms with Crippen molar-refractivity contribution in [3.05, 3.63) is 0 Å². The van der Waals surface area contributed by atoms with Crippen LogP contribution in [-0.4, -0.2) is 31.6 Å². The van der Waals surface area contributed by atoms with Crippen LogP contribution >= 0.6 is 0 Å². The zero-order valence-electron chi connectivity index (χ0n) is 14.0. The zero-order valence-corrected chi connectivity index (χ0v) is 14.0. The molecule has 0 atom stereocenters. The van der Waals surface area contributed by atoms with Crippen molar-refractivity contribution in [3.8, 4) is 0 Å². The van der Waals surface area contributed by atoms with Gasteiger partial charge in [0.05, 0.1) is 19.6 Å². The first-order chi connectivity index (χ1) is 10.7. The number of rotatable bonds is 4. The van der Waals surface area contributed by atoms with Crippen LogP contribution in [0.15, 0.2) is 0 Å². The molecule has 0 spiro atoms. The lowest BCUT2D eigenvalue weighted by atomic mass is 9.78. The van der Waals surface area contributed by atoms with Crippen LogP contribution in [0.3, 0.4) is 0 Å². The number of nitrogens with one attached hydrogen (secondary N) is 1. The third kappa shape index (κ3) is 4.31. The number of ketones is 1. The van der Waals surface area contributed by atoms with E-state index in [0.717, 1.165) is 57.3 Å². The van der Waals surface area contributed by atoms with Crippen molar-refractivity contribution in [2.45, 2.75) is 76.8 Å². The number of halogens is 1. The summed E-state index contributed by atoms with van der Waals surface area (Å²) in [5.41, 5.74) is 0. The molecule has 0 aromatic carbocycles. The van der Waals surface area contributed by atoms with Gasteiger partial charge in [0, 0.05) is 30.6 Å². The Morgan fingerprint density at radius 3 is 2.05 bits per heavy atom. The quantitative estimate of drug-likeness (QED) is 0.847. The molecule has 0 aromatic heterocycles. The normalized spacial score (nSPS) is 37.9. The number of piperidine rings is 1. The lowest BCUT2D eigenvalue weighted by molar-refractivity contribution is -0.909. The van der Waals surface area contributed by atoms with Crippen molar-refractivity contribution in [3.63, 3.8) is 0 Å². The molecule has 126 valence electrons. The molecule has 0 radical (unpaired) electrons. The maximum Gasteiger partial charge on any atom is 0.139 e. The van der Waals surface area contributed by atoms with Gasteiger partial charge in [0.25, 0.3) is 0 Å². The topological polar surface area (TPSA) is 21.5 Å². The average molecular weight is 310 g/mol. The summed E-state index contributed by atoms with van der Waals surface area (Å²) in [6, 6.07) is 0. The third-order valence-corrected chi connectivity index (χ3v) is 6.46. The van der Waals surface area contributed by atoms with Gasteiger partial charge in [-0.15, -0.1) is 0 Å². The molecular weight excluding hydrogens is 277 g/mol. The summed E-state index contributed by atoms with van der Waals surface area (Å²) < 4.78 is 13.2. The number of alkyl halides is 1. The van der Waals surface area contributed by atoms with E-state index < -0.39 is 6.17 Å². The van der Waals surface area contributed by atoms with E-state index in [1.807, 2.05) is 0 Å². The molecule has 1 heterocycles. The second-order valence-corrected chi connectivity index (χ2v) is 8.08. The first-order valence-corrected chi connectivity index (χ1v) is 9.73. The van der Waals surface area contributed by atoms with E-state index in [0.29, 0.717) is 17.6 Å². The number of likely N-dealkylation sites (tertiary alicyclic amines) is 1. The molecule has 0 unspecified atom stereocenters. The molecule has 3 fully saturated rings. The third-order valence-electron chi connectivity index (χ3n) is 6.46. The van der Waals surface area contributed by atoms with Crippen LogP contribution in [0.5, 0.6) is 0 Å². The van der Waals surface area contributed by atoms with E-state index in [2.05, 4.69) is 0 Å². The Morgan fingerprint density at radius 2 is 1.41 bits per heavy atom. The standard InChI is InChI=1S/C19H32FNO/c20-18-8-6-15(7-9-18)14-21-12-10-17(11-13-21)19(22)16-4-2-1-3-5-16/h15-18H,1-14H2/p+1. The van der Waals surface area contributed by atoms with Crippen LogP contribution in [0.4, 0.5) is 4.39 Å². The molecule has 0 aromatic rings. The molecule has 1 saturated heterocycles. The van der Waals surface area contributed by atoms with Crippen LogP contribution < -0.4 is 4.90 Å². The van der Waals surface area contributed by atoms with Gasteiger partial charge >= 0.3 is 0 Å². The van der Waals surface area contributed by atoms with Gasteiger partial charge in [0.1, 0.15) is 12.0 Å².